The van der Waals surface area contributed by atoms with Gasteiger partial charge in [-0.2, -0.15) is 5.10 Å². The Bertz CT molecular complexity index is 855. The number of halogens is 1. The van der Waals surface area contributed by atoms with Crippen molar-refractivity contribution in [3.8, 4) is 5.82 Å². The van der Waals surface area contributed by atoms with Gasteiger partial charge in [0.2, 0.25) is 0 Å². The van der Waals surface area contributed by atoms with Gasteiger partial charge in [-0.05, 0) is 18.2 Å². The van der Waals surface area contributed by atoms with Crippen LogP contribution < -0.4 is 0 Å². The third-order valence-electron chi connectivity index (χ3n) is 2.91. The number of carboxylic acid groups (broad SMARTS) is 1. The number of aliphatic carboxylic acids is 1. The number of carbonyl (C=O) groups is 1. The third kappa shape index (κ3) is 2.78. The van der Waals surface area contributed by atoms with Gasteiger partial charge in [-0.15, -0.1) is 0 Å². The van der Waals surface area contributed by atoms with E-state index < -0.39 is 5.97 Å². The van der Waals surface area contributed by atoms with Crippen LogP contribution in [0.2, 0.25) is 5.02 Å². The Kier molecular flexibility index (Phi) is 3.41. The molecule has 0 saturated heterocycles. The molecule has 5 nitrogen and oxygen atoms in total. The number of hydrogen-bond acceptors (Lipinski definition) is 3. The van der Waals surface area contributed by atoms with Crippen LogP contribution in [0, 0.1) is 0 Å². The summed E-state index contributed by atoms with van der Waals surface area (Å²) in [4.78, 5) is 15.3. The van der Waals surface area contributed by atoms with E-state index in [4.69, 9.17) is 16.7 Å². The van der Waals surface area contributed by atoms with Gasteiger partial charge in [0, 0.05) is 17.0 Å². The van der Waals surface area contributed by atoms with Gasteiger partial charge in [0.1, 0.15) is 0 Å². The van der Waals surface area contributed by atoms with Gasteiger partial charge in [0.25, 0.3) is 0 Å². The topological polar surface area (TPSA) is 68.0 Å². The van der Waals surface area contributed by atoms with Gasteiger partial charge >= 0.3 is 5.97 Å². The lowest BCUT2D eigenvalue weighted by Gasteiger charge is -2.07. The summed E-state index contributed by atoms with van der Waals surface area (Å²) in [6, 6.07) is 9.46. The molecule has 0 radical (unpaired) electrons. The van der Waals surface area contributed by atoms with Crippen LogP contribution in [-0.2, 0) is 4.79 Å². The first-order chi connectivity index (χ1) is 10.1. The minimum atomic E-state index is -1.02. The highest BCUT2D eigenvalue weighted by atomic mass is 35.5. The molecule has 3 rings (SSSR count). The van der Waals surface area contributed by atoms with Crippen molar-refractivity contribution in [3.63, 3.8) is 0 Å². The number of hydrogen-bond donors (Lipinski definition) is 1. The maximum Gasteiger partial charge on any atom is 0.328 e. The summed E-state index contributed by atoms with van der Waals surface area (Å²) >= 11 is 5.89. The number of fused-ring (bicyclic) bond motifs is 1. The molecule has 0 spiro atoms. The van der Waals surface area contributed by atoms with Crippen LogP contribution in [0.15, 0.2) is 48.8 Å². The molecular formula is C15H10ClN3O2. The quantitative estimate of drug-likeness (QED) is 0.754. The summed E-state index contributed by atoms with van der Waals surface area (Å²) in [5.74, 6) is -0.495. The van der Waals surface area contributed by atoms with E-state index in [1.807, 2.05) is 30.3 Å². The molecule has 0 bridgehead atoms. The van der Waals surface area contributed by atoms with Crippen molar-refractivity contribution in [2.75, 3.05) is 0 Å². The lowest BCUT2D eigenvalue weighted by molar-refractivity contribution is -0.131. The smallest absolute Gasteiger partial charge is 0.328 e. The van der Waals surface area contributed by atoms with Crippen molar-refractivity contribution in [2.45, 2.75) is 0 Å². The van der Waals surface area contributed by atoms with Crippen molar-refractivity contribution in [3.05, 3.63) is 59.4 Å². The second-order valence-corrected chi connectivity index (χ2v) is 4.81. The molecule has 2 heterocycles. The monoisotopic (exact) mass is 299 g/mol. The number of rotatable bonds is 3. The maximum absolute atomic E-state index is 10.7. The first-order valence-corrected chi connectivity index (χ1v) is 6.52. The molecule has 0 saturated carbocycles. The minimum absolute atomic E-state index is 0.484. The van der Waals surface area contributed by atoms with Gasteiger partial charge < -0.3 is 5.11 Å². The molecule has 104 valence electrons. The van der Waals surface area contributed by atoms with Gasteiger partial charge in [0.05, 0.1) is 22.9 Å². The van der Waals surface area contributed by atoms with E-state index in [0.717, 1.165) is 17.0 Å². The highest BCUT2D eigenvalue weighted by molar-refractivity contribution is 6.30. The number of aromatic nitrogens is 3. The van der Waals surface area contributed by atoms with Crippen molar-refractivity contribution < 1.29 is 9.90 Å². The van der Waals surface area contributed by atoms with E-state index in [1.54, 1.807) is 6.20 Å². The van der Waals surface area contributed by atoms with Gasteiger partial charge in [0.15, 0.2) is 5.82 Å². The summed E-state index contributed by atoms with van der Waals surface area (Å²) in [6.07, 6.45) is 5.69. The number of benzene rings is 1. The highest BCUT2D eigenvalue weighted by Crippen LogP contribution is 2.21. The fraction of sp³-hybridized carbons (Fsp3) is 0. The summed E-state index contributed by atoms with van der Waals surface area (Å²) in [6.45, 7) is 0. The zero-order chi connectivity index (χ0) is 14.8. The Morgan fingerprint density at radius 3 is 2.86 bits per heavy atom. The molecule has 0 unspecified atom stereocenters. The SMILES string of the molecule is O=C(O)/C=C/c1cc2ccccc2nc1-n1cc(Cl)cn1. The second-order valence-electron chi connectivity index (χ2n) is 4.37. The molecule has 0 aliphatic heterocycles. The normalized spacial score (nSPS) is 11.3. The zero-order valence-electron chi connectivity index (χ0n) is 10.8. The molecule has 1 N–H and O–H groups in total. The summed E-state index contributed by atoms with van der Waals surface area (Å²) < 4.78 is 1.52. The van der Waals surface area contributed by atoms with Crippen LogP contribution in [0.25, 0.3) is 22.8 Å². The van der Waals surface area contributed by atoms with Gasteiger partial charge in [-0.1, -0.05) is 29.8 Å². The van der Waals surface area contributed by atoms with Crippen LogP contribution in [0.1, 0.15) is 5.56 Å². The molecule has 0 atom stereocenters. The Balaban J connectivity index is 2.23. The maximum atomic E-state index is 10.7. The lowest BCUT2D eigenvalue weighted by atomic mass is 10.1. The van der Waals surface area contributed by atoms with Crippen molar-refractivity contribution in [1.82, 2.24) is 14.8 Å². The third-order valence-corrected chi connectivity index (χ3v) is 3.10. The van der Waals surface area contributed by atoms with E-state index >= 15 is 0 Å². The predicted octanol–water partition coefficient (Wildman–Crippen LogP) is 3.17. The van der Waals surface area contributed by atoms with Crippen LogP contribution in [0.5, 0.6) is 0 Å². The average molecular weight is 300 g/mol. The molecule has 1 aromatic carbocycles. The minimum Gasteiger partial charge on any atom is -0.478 e. The molecule has 0 aliphatic rings. The number of pyridine rings is 1. The van der Waals surface area contributed by atoms with E-state index in [0.29, 0.717) is 16.4 Å². The molecule has 0 aliphatic carbocycles. The van der Waals surface area contributed by atoms with Gasteiger partial charge in [-0.3, -0.25) is 0 Å². The standard InChI is InChI=1S/C15H10ClN3O2/c16-12-8-17-19(9-12)15-11(5-6-14(20)21)7-10-3-1-2-4-13(10)18-15/h1-9H,(H,20,21)/b6-5+. The van der Waals surface area contributed by atoms with E-state index in [2.05, 4.69) is 10.1 Å². The number of carboxylic acids is 1. The van der Waals surface area contributed by atoms with Crippen molar-refractivity contribution in [2.24, 2.45) is 0 Å². The first-order valence-electron chi connectivity index (χ1n) is 6.15. The van der Waals surface area contributed by atoms with Crippen molar-refractivity contribution in [1.29, 1.82) is 0 Å². The number of para-hydroxylation sites is 1. The number of nitrogens with zero attached hydrogens (tertiary/aromatic N) is 3. The molecule has 6 heteroatoms. The molecular weight excluding hydrogens is 290 g/mol. The summed E-state index contributed by atoms with van der Waals surface area (Å²) in [7, 11) is 0. The zero-order valence-corrected chi connectivity index (χ0v) is 11.5. The Morgan fingerprint density at radius 1 is 1.33 bits per heavy atom. The van der Waals surface area contributed by atoms with E-state index in [9.17, 15) is 4.79 Å². The molecule has 2 aromatic heterocycles. The summed E-state index contributed by atoms with van der Waals surface area (Å²) in [5, 5.41) is 14.3. The second kappa shape index (κ2) is 5.38. The van der Waals surface area contributed by atoms with Crippen LogP contribution in [-0.4, -0.2) is 25.8 Å². The van der Waals surface area contributed by atoms with Crippen LogP contribution in [0.3, 0.4) is 0 Å². The van der Waals surface area contributed by atoms with Crippen LogP contribution in [0.4, 0.5) is 0 Å². The predicted molar refractivity (Wildman–Crippen MR) is 80.5 cm³/mol. The first kappa shape index (κ1) is 13.3. The Labute approximate surface area is 125 Å². The molecule has 21 heavy (non-hydrogen) atoms. The average Bonchev–Trinajstić information content (AvgIpc) is 2.90. The van der Waals surface area contributed by atoms with E-state index in [-0.39, 0.29) is 0 Å². The van der Waals surface area contributed by atoms with Crippen molar-refractivity contribution >= 4 is 34.5 Å². The van der Waals surface area contributed by atoms with Crippen LogP contribution >= 0.6 is 11.6 Å². The largest absolute Gasteiger partial charge is 0.478 e. The lowest BCUT2D eigenvalue weighted by Crippen LogP contribution is -2.01. The Hall–Kier alpha value is -2.66. The summed E-state index contributed by atoms with van der Waals surface area (Å²) in [5.41, 5.74) is 1.45. The fourth-order valence-corrected chi connectivity index (χ4v) is 2.14. The Morgan fingerprint density at radius 2 is 2.14 bits per heavy atom. The molecule has 0 amide bonds. The van der Waals surface area contributed by atoms with E-state index in [1.165, 1.54) is 17.0 Å². The highest BCUT2D eigenvalue weighted by Gasteiger charge is 2.08. The molecule has 3 aromatic rings. The fourth-order valence-electron chi connectivity index (χ4n) is 2.01. The van der Waals surface area contributed by atoms with Gasteiger partial charge in [-0.25, -0.2) is 14.5 Å². The molecule has 0 fully saturated rings.